The summed E-state index contributed by atoms with van der Waals surface area (Å²) >= 11 is 1.50. The van der Waals surface area contributed by atoms with Gasteiger partial charge in [0.05, 0.1) is 23.5 Å². The Morgan fingerprint density at radius 2 is 2.12 bits per heavy atom. The van der Waals surface area contributed by atoms with E-state index in [1.54, 1.807) is 12.4 Å². The van der Waals surface area contributed by atoms with Crippen LogP contribution in [0.4, 0.5) is 0 Å². The summed E-state index contributed by atoms with van der Waals surface area (Å²) in [6.45, 7) is 1.90. The van der Waals surface area contributed by atoms with Gasteiger partial charge in [-0.25, -0.2) is 0 Å². The minimum atomic E-state index is -0.102. The Labute approximate surface area is 101 Å². The molecule has 3 rings (SSSR count). The van der Waals surface area contributed by atoms with Crippen LogP contribution >= 0.6 is 11.3 Å². The van der Waals surface area contributed by atoms with Crippen molar-refractivity contribution >= 4 is 22.1 Å². The Bertz CT molecular complexity index is 727. The van der Waals surface area contributed by atoms with Crippen molar-refractivity contribution in [1.82, 2.24) is 14.8 Å². The van der Waals surface area contributed by atoms with Crippen molar-refractivity contribution < 1.29 is 0 Å². The molecule has 0 bridgehead atoms. The lowest BCUT2D eigenvalue weighted by Gasteiger charge is -2.03. The maximum atomic E-state index is 12.2. The topological polar surface area (TPSA) is 47.8 Å². The second-order valence-corrected chi connectivity index (χ2v) is 4.50. The van der Waals surface area contributed by atoms with Crippen LogP contribution in [0.2, 0.25) is 0 Å². The van der Waals surface area contributed by atoms with Crippen molar-refractivity contribution in [3.8, 4) is 5.69 Å². The lowest BCUT2D eigenvalue weighted by atomic mass is 10.3. The number of nitrogens with zero attached hydrogens (tertiary/aromatic N) is 3. The van der Waals surface area contributed by atoms with Crippen LogP contribution in [-0.2, 0) is 0 Å². The lowest BCUT2D eigenvalue weighted by Crippen LogP contribution is -2.20. The molecular formula is C12H9N3OS. The fourth-order valence-electron chi connectivity index (χ4n) is 1.64. The van der Waals surface area contributed by atoms with Crippen LogP contribution in [0.25, 0.3) is 16.5 Å². The highest BCUT2D eigenvalue weighted by atomic mass is 32.1. The molecule has 0 spiro atoms. The zero-order chi connectivity index (χ0) is 11.8. The van der Waals surface area contributed by atoms with Gasteiger partial charge in [-0.15, -0.1) is 0 Å². The number of hydrogen-bond donors (Lipinski definition) is 0. The van der Waals surface area contributed by atoms with E-state index < -0.39 is 0 Å². The smallest absolute Gasteiger partial charge is 0.267 e. The third-order valence-corrected chi connectivity index (χ3v) is 3.33. The molecule has 84 valence electrons. The first kappa shape index (κ1) is 10.2. The number of hydrogen-bond acceptors (Lipinski definition) is 4. The highest BCUT2D eigenvalue weighted by Gasteiger charge is 2.06. The first-order valence-electron chi connectivity index (χ1n) is 5.13. The van der Waals surface area contributed by atoms with Crippen LogP contribution < -0.4 is 5.56 Å². The molecule has 0 radical (unpaired) electrons. The molecule has 0 fully saturated rings. The van der Waals surface area contributed by atoms with Gasteiger partial charge >= 0.3 is 0 Å². The summed E-state index contributed by atoms with van der Waals surface area (Å²) in [5.74, 6) is 0. The van der Waals surface area contributed by atoms with Gasteiger partial charge < -0.3 is 0 Å². The largest absolute Gasteiger partial charge is 0.280 e. The average molecular weight is 243 g/mol. The van der Waals surface area contributed by atoms with E-state index >= 15 is 0 Å². The van der Waals surface area contributed by atoms with Gasteiger partial charge in [-0.05, 0) is 19.1 Å². The minimum Gasteiger partial charge on any atom is -0.267 e. The van der Waals surface area contributed by atoms with E-state index in [2.05, 4.69) is 10.1 Å². The molecule has 17 heavy (non-hydrogen) atoms. The number of aryl methyl sites for hydroxylation is 1. The molecule has 3 aromatic rings. The van der Waals surface area contributed by atoms with Gasteiger partial charge in [-0.2, -0.15) is 21.1 Å². The lowest BCUT2D eigenvalue weighted by molar-refractivity contribution is 0.815. The highest BCUT2D eigenvalue weighted by Crippen LogP contribution is 2.14. The van der Waals surface area contributed by atoms with Gasteiger partial charge in [-0.3, -0.25) is 9.78 Å². The third kappa shape index (κ3) is 1.64. The number of aromatic nitrogens is 3. The van der Waals surface area contributed by atoms with E-state index in [-0.39, 0.29) is 5.56 Å². The monoisotopic (exact) mass is 243 g/mol. The van der Waals surface area contributed by atoms with Crippen molar-refractivity contribution in [3.63, 3.8) is 0 Å². The molecule has 0 saturated carbocycles. The predicted octanol–water partition coefficient (Wildman–Crippen LogP) is 2.15. The summed E-state index contributed by atoms with van der Waals surface area (Å²) in [6.07, 6.45) is 3.36. The van der Waals surface area contributed by atoms with Crippen molar-refractivity contribution in [1.29, 1.82) is 0 Å². The molecule has 0 atom stereocenters. The maximum Gasteiger partial charge on any atom is 0.280 e. The molecule has 3 heterocycles. The van der Waals surface area contributed by atoms with Gasteiger partial charge in [0.1, 0.15) is 0 Å². The summed E-state index contributed by atoms with van der Waals surface area (Å²) in [4.78, 5) is 16.3. The second-order valence-electron chi connectivity index (χ2n) is 3.76. The molecule has 4 nitrogen and oxygen atoms in total. The normalized spacial score (nSPS) is 10.9. The molecule has 0 N–H and O–H groups in total. The fraction of sp³-hybridized carbons (Fsp3) is 0.0833. The Hall–Kier alpha value is -2.01. The molecule has 0 aliphatic rings. The molecule has 5 heteroatoms. The first-order chi connectivity index (χ1) is 8.25. The molecular weight excluding hydrogens is 234 g/mol. The highest BCUT2D eigenvalue weighted by molar-refractivity contribution is 7.09. The van der Waals surface area contributed by atoms with Gasteiger partial charge in [0, 0.05) is 21.8 Å². The molecule has 0 aliphatic heterocycles. The van der Waals surface area contributed by atoms with E-state index in [9.17, 15) is 4.79 Å². The van der Waals surface area contributed by atoms with Crippen LogP contribution in [0.15, 0.2) is 40.1 Å². The SMILES string of the molecule is Cc1ccc(-n2ncc3cscc3c2=O)cn1. The van der Waals surface area contributed by atoms with Crippen LogP contribution in [0, 0.1) is 6.92 Å². The van der Waals surface area contributed by atoms with Crippen LogP contribution in [0.3, 0.4) is 0 Å². The Morgan fingerprint density at radius 1 is 1.24 bits per heavy atom. The average Bonchev–Trinajstić information content (AvgIpc) is 2.80. The zero-order valence-electron chi connectivity index (χ0n) is 9.12. The Kier molecular flexibility index (Phi) is 2.26. The second kappa shape index (κ2) is 3.78. The van der Waals surface area contributed by atoms with Crippen molar-refractivity contribution in [2.45, 2.75) is 6.92 Å². The van der Waals surface area contributed by atoms with Crippen LogP contribution in [-0.4, -0.2) is 14.8 Å². The number of pyridine rings is 1. The van der Waals surface area contributed by atoms with Gasteiger partial charge in [0.2, 0.25) is 0 Å². The quantitative estimate of drug-likeness (QED) is 0.658. The van der Waals surface area contributed by atoms with E-state index in [0.717, 1.165) is 11.1 Å². The standard InChI is InChI=1S/C12H9N3OS/c1-8-2-3-10(5-13-8)15-12(16)11-7-17-6-9(11)4-14-15/h2-7H,1H3. The Balaban J connectivity index is 2.27. The zero-order valence-corrected chi connectivity index (χ0v) is 9.94. The van der Waals surface area contributed by atoms with E-state index in [0.29, 0.717) is 11.1 Å². The van der Waals surface area contributed by atoms with Gasteiger partial charge in [-0.1, -0.05) is 0 Å². The fourth-order valence-corrected chi connectivity index (χ4v) is 2.41. The van der Waals surface area contributed by atoms with Crippen molar-refractivity contribution in [3.05, 3.63) is 51.3 Å². The molecule has 3 aromatic heterocycles. The number of rotatable bonds is 1. The number of fused-ring (bicyclic) bond motifs is 1. The van der Waals surface area contributed by atoms with Gasteiger partial charge in [0.15, 0.2) is 0 Å². The van der Waals surface area contributed by atoms with E-state index in [4.69, 9.17) is 0 Å². The van der Waals surface area contributed by atoms with E-state index in [1.165, 1.54) is 16.0 Å². The molecule has 0 unspecified atom stereocenters. The summed E-state index contributed by atoms with van der Waals surface area (Å²) in [6, 6.07) is 3.70. The van der Waals surface area contributed by atoms with Crippen LogP contribution in [0.1, 0.15) is 5.69 Å². The van der Waals surface area contributed by atoms with Gasteiger partial charge in [0.25, 0.3) is 5.56 Å². The minimum absolute atomic E-state index is 0.102. The summed E-state index contributed by atoms with van der Waals surface area (Å²) in [7, 11) is 0. The summed E-state index contributed by atoms with van der Waals surface area (Å²) in [5, 5.41) is 9.50. The molecule has 0 amide bonds. The van der Waals surface area contributed by atoms with E-state index in [1.807, 2.05) is 29.8 Å². The predicted molar refractivity (Wildman–Crippen MR) is 67.7 cm³/mol. The summed E-state index contributed by atoms with van der Waals surface area (Å²) in [5.41, 5.74) is 1.50. The third-order valence-electron chi connectivity index (χ3n) is 2.57. The maximum absolute atomic E-state index is 12.2. The molecule has 0 aliphatic carbocycles. The summed E-state index contributed by atoms with van der Waals surface area (Å²) < 4.78 is 1.38. The van der Waals surface area contributed by atoms with Crippen molar-refractivity contribution in [2.75, 3.05) is 0 Å². The van der Waals surface area contributed by atoms with Crippen molar-refractivity contribution in [2.24, 2.45) is 0 Å². The molecule has 0 aromatic carbocycles. The Morgan fingerprint density at radius 3 is 2.88 bits per heavy atom. The molecule has 0 saturated heterocycles. The number of thiophene rings is 1. The first-order valence-corrected chi connectivity index (χ1v) is 6.07. The van der Waals surface area contributed by atoms with Crippen LogP contribution in [0.5, 0.6) is 0 Å².